The van der Waals surface area contributed by atoms with Crippen LogP contribution in [-0.2, 0) is 12.8 Å². The number of hydrogen-bond donors (Lipinski definition) is 5. The summed E-state index contributed by atoms with van der Waals surface area (Å²) in [4.78, 5) is 10.8. The van der Waals surface area contributed by atoms with Gasteiger partial charge in [-0.3, -0.25) is 0 Å². The normalized spacial score (nSPS) is 19.6. The van der Waals surface area contributed by atoms with E-state index in [0.29, 0.717) is 18.2 Å². The largest absolute Gasteiger partial charge is 0.384 e. The fourth-order valence-electron chi connectivity index (χ4n) is 4.34. The maximum absolute atomic E-state index is 6.37. The van der Waals surface area contributed by atoms with Crippen LogP contribution in [0.5, 0.6) is 0 Å². The summed E-state index contributed by atoms with van der Waals surface area (Å²) in [7, 11) is 0. The van der Waals surface area contributed by atoms with Crippen molar-refractivity contribution in [2.75, 3.05) is 0 Å². The smallest absolute Gasteiger partial charge is 0.195 e. The van der Waals surface area contributed by atoms with E-state index in [1.165, 1.54) is 21.9 Å². The molecule has 146 valence electrons. The van der Waals surface area contributed by atoms with E-state index in [2.05, 4.69) is 75.7 Å². The van der Waals surface area contributed by atoms with Gasteiger partial charge in [0.15, 0.2) is 5.96 Å². The van der Waals surface area contributed by atoms with Crippen molar-refractivity contribution in [3.05, 3.63) is 83.4 Å². The fraction of sp³-hybridized carbons (Fsp3) is 0.174. The summed E-state index contributed by atoms with van der Waals surface area (Å²) < 4.78 is 0. The number of hydrogen-bond acceptors (Lipinski definition) is 4. The van der Waals surface area contributed by atoms with Gasteiger partial charge in [-0.2, -0.15) is 4.99 Å². The van der Waals surface area contributed by atoms with Crippen LogP contribution in [0.4, 0.5) is 0 Å². The second kappa shape index (κ2) is 6.44. The number of nitrogens with one attached hydrogen (secondary N) is 3. The molecule has 2 aromatic carbocycles. The van der Waals surface area contributed by atoms with Crippen LogP contribution in [0.25, 0.3) is 21.8 Å². The molecule has 0 spiro atoms. The van der Waals surface area contributed by atoms with E-state index in [-0.39, 0.29) is 0 Å². The van der Waals surface area contributed by atoms with Crippen molar-refractivity contribution in [1.82, 2.24) is 15.3 Å². The number of nitrogens with two attached hydrogens (primary N) is 2. The van der Waals surface area contributed by atoms with Gasteiger partial charge in [0, 0.05) is 29.0 Å². The zero-order valence-corrected chi connectivity index (χ0v) is 16.3. The first-order chi connectivity index (χ1) is 14.0. The van der Waals surface area contributed by atoms with Crippen molar-refractivity contribution >= 4 is 27.8 Å². The lowest BCUT2D eigenvalue weighted by Crippen LogP contribution is -2.55. The number of guanidine groups is 1. The highest BCUT2D eigenvalue weighted by Crippen LogP contribution is 2.31. The Balaban J connectivity index is 1.51. The van der Waals surface area contributed by atoms with E-state index >= 15 is 0 Å². The van der Waals surface area contributed by atoms with Crippen molar-refractivity contribution in [2.45, 2.75) is 25.3 Å². The van der Waals surface area contributed by atoms with Gasteiger partial charge >= 0.3 is 0 Å². The first-order valence-corrected chi connectivity index (χ1v) is 9.74. The van der Waals surface area contributed by atoms with E-state index < -0.39 is 5.54 Å². The lowest BCUT2D eigenvalue weighted by Gasteiger charge is -2.37. The van der Waals surface area contributed by atoms with Crippen molar-refractivity contribution in [2.24, 2.45) is 16.5 Å². The molecule has 6 nitrogen and oxygen atoms in total. The van der Waals surface area contributed by atoms with Crippen molar-refractivity contribution in [3.8, 4) is 0 Å². The molecule has 0 aliphatic carbocycles. The van der Waals surface area contributed by atoms with Gasteiger partial charge in [-0.05, 0) is 78.1 Å². The average Bonchev–Trinajstić information content (AvgIpc) is 3.32. The number of aromatic amines is 2. The lowest BCUT2D eigenvalue weighted by molar-refractivity contribution is 0.460. The molecule has 1 unspecified atom stereocenters. The summed E-state index contributed by atoms with van der Waals surface area (Å²) >= 11 is 0. The molecular formula is C23H24N6. The molecule has 1 atom stereocenters. The van der Waals surface area contributed by atoms with Crippen LogP contribution in [0, 0.1) is 0 Å². The predicted molar refractivity (Wildman–Crippen MR) is 118 cm³/mol. The van der Waals surface area contributed by atoms with Crippen molar-refractivity contribution in [3.63, 3.8) is 0 Å². The summed E-state index contributed by atoms with van der Waals surface area (Å²) in [5, 5.41) is 5.77. The van der Waals surface area contributed by atoms with Crippen molar-refractivity contribution in [1.29, 1.82) is 0 Å². The van der Waals surface area contributed by atoms with Gasteiger partial charge in [0.25, 0.3) is 0 Å². The van der Waals surface area contributed by atoms with Crippen LogP contribution in [0.3, 0.4) is 0 Å². The minimum atomic E-state index is -0.424. The third-order valence-electron chi connectivity index (χ3n) is 5.79. The minimum absolute atomic E-state index is 0.359. The highest BCUT2D eigenvalue weighted by Gasteiger charge is 2.35. The third kappa shape index (κ3) is 3.12. The summed E-state index contributed by atoms with van der Waals surface area (Å²) in [6.07, 6.45) is 5.38. The maximum Gasteiger partial charge on any atom is 0.195 e. The highest BCUT2D eigenvalue weighted by molar-refractivity contribution is 5.83. The average molecular weight is 384 g/mol. The van der Waals surface area contributed by atoms with E-state index in [4.69, 9.17) is 11.5 Å². The van der Waals surface area contributed by atoms with Crippen LogP contribution >= 0.6 is 0 Å². The summed E-state index contributed by atoms with van der Waals surface area (Å²) in [6.45, 7) is 2.15. The molecule has 3 heterocycles. The molecule has 2 aromatic heterocycles. The van der Waals surface area contributed by atoms with Gasteiger partial charge in [-0.1, -0.05) is 12.1 Å². The Morgan fingerprint density at radius 1 is 0.862 bits per heavy atom. The summed E-state index contributed by atoms with van der Waals surface area (Å²) in [5.41, 5.74) is 17.7. The van der Waals surface area contributed by atoms with Gasteiger partial charge in [-0.15, -0.1) is 0 Å². The minimum Gasteiger partial charge on any atom is -0.384 e. The van der Waals surface area contributed by atoms with Gasteiger partial charge in [0.2, 0.25) is 0 Å². The van der Waals surface area contributed by atoms with E-state index in [1.807, 2.05) is 12.4 Å². The number of benzene rings is 2. The van der Waals surface area contributed by atoms with Crippen LogP contribution in [0.1, 0.15) is 18.1 Å². The van der Waals surface area contributed by atoms with Crippen molar-refractivity contribution < 1.29 is 0 Å². The topological polar surface area (TPSA) is 108 Å². The molecule has 6 heteroatoms. The molecule has 0 radical (unpaired) electrons. The Labute approximate surface area is 168 Å². The molecule has 0 amide bonds. The SMILES string of the molecule is CC1(Cc2ccc3[nH]ccc3c2)NC(N)=NC(N)=C1Cc1ccc2[nH]ccc2c1. The first kappa shape index (κ1) is 17.4. The van der Waals surface area contributed by atoms with Gasteiger partial charge in [0.05, 0.1) is 5.54 Å². The van der Waals surface area contributed by atoms with E-state index in [9.17, 15) is 0 Å². The Morgan fingerprint density at radius 2 is 1.48 bits per heavy atom. The molecule has 0 bridgehead atoms. The zero-order chi connectivity index (χ0) is 20.0. The predicted octanol–water partition coefficient (Wildman–Crippen LogP) is 3.28. The van der Waals surface area contributed by atoms with Crippen LogP contribution < -0.4 is 16.8 Å². The molecule has 1 aliphatic rings. The molecule has 7 N–H and O–H groups in total. The molecule has 5 rings (SSSR count). The number of aliphatic imine (C=N–C) groups is 1. The molecule has 29 heavy (non-hydrogen) atoms. The summed E-state index contributed by atoms with van der Waals surface area (Å²) in [6, 6.07) is 17.1. The van der Waals surface area contributed by atoms with Crippen LogP contribution in [0.2, 0.25) is 0 Å². The third-order valence-corrected chi connectivity index (χ3v) is 5.79. The Bertz CT molecular complexity index is 1270. The highest BCUT2D eigenvalue weighted by atomic mass is 15.2. The zero-order valence-electron chi connectivity index (χ0n) is 16.3. The molecule has 0 saturated heterocycles. The van der Waals surface area contributed by atoms with Gasteiger partial charge < -0.3 is 26.8 Å². The van der Waals surface area contributed by atoms with Gasteiger partial charge in [-0.25, -0.2) is 0 Å². The van der Waals surface area contributed by atoms with E-state index in [0.717, 1.165) is 23.0 Å². The second-order valence-electron chi connectivity index (χ2n) is 7.97. The number of H-pyrrole nitrogens is 2. The maximum atomic E-state index is 6.37. The number of nitrogens with zero attached hydrogens (tertiary/aromatic N) is 1. The number of aromatic nitrogens is 2. The Kier molecular flexibility index (Phi) is 3.87. The standard InChI is InChI=1S/C23H24N6/c1-23(13-15-3-5-20-17(11-15)7-9-27-20)18(21(24)28-22(25)29-23)12-14-2-4-19-16(10-14)6-8-26-19/h2-11,26-27H,12-13,24H2,1H3,(H3,25,28,29). The second-order valence-corrected chi connectivity index (χ2v) is 7.97. The van der Waals surface area contributed by atoms with Gasteiger partial charge in [0.1, 0.15) is 5.82 Å². The monoisotopic (exact) mass is 384 g/mol. The summed E-state index contributed by atoms with van der Waals surface area (Å²) in [5.74, 6) is 0.859. The molecule has 4 aromatic rings. The molecule has 1 aliphatic heterocycles. The number of fused-ring (bicyclic) bond motifs is 2. The lowest BCUT2D eigenvalue weighted by atomic mass is 9.81. The first-order valence-electron chi connectivity index (χ1n) is 9.74. The van der Waals surface area contributed by atoms with Crippen LogP contribution in [-0.4, -0.2) is 21.5 Å². The van der Waals surface area contributed by atoms with Crippen LogP contribution in [0.15, 0.2) is 77.3 Å². The molecular weight excluding hydrogens is 360 g/mol. The van der Waals surface area contributed by atoms with E-state index in [1.54, 1.807) is 0 Å². The molecule has 0 fully saturated rings. The quantitative estimate of drug-likeness (QED) is 0.372. The molecule has 0 saturated carbocycles. The fourth-order valence-corrected chi connectivity index (χ4v) is 4.34. The Morgan fingerprint density at radius 3 is 2.17 bits per heavy atom. The number of rotatable bonds is 4. The Hall–Kier alpha value is -3.67.